The summed E-state index contributed by atoms with van der Waals surface area (Å²) in [5.74, 6) is 0. The fourth-order valence-corrected chi connectivity index (χ4v) is 0.453. The highest BCUT2D eigenvalue weighted by molar-refractivity contribution is 5.35. The van der Waals surface area contributed by atoms with Crippen LogP contribution in [0.5, 0.6) is 0 Å². The van der Waals surface area contributed by atoms with Gasteiger partial charge in [-0.2, -0.15) is 0 Å². The van der Waals surface area contributed by atoms with Crippen molar-refractivity contribution < 1.29 is 4.39 Å². The SMILES string of the molecule is CC.CF.Nc1ccccc1. The lowest BCUT2D eigenvalue weighted by Crippen LogP contribution is -1.79. The Morgan fingerprint density at radius 2 is 1.36 bits per heavy atom. The lowest BCUT2D eigenvalue weighted by molar-refractivity contribution is 0.636. The van der Waals surface area contributed by atoms with Crippen LogP contribution in [0.25, 0.3) is 0 Å². The molecule has 11 heavy (non-hydrogen) atoms. The minimum absolute atomic E-state index is 0.500. The van der Waals surface area contributed by atoms with Crippen LogP contribution in [0.4, 0.5) is 10.1 Å². The van der Waals surface area contributed by atoms with E-state index in [1.54, 1.807) is 0 Å². The number of para-hydroxylation sites is 1. The number of hydrogen-bond donors (Lipinski definition) is 1. The maximum absolute atomic E-state index is 9.50. The van der Waals surface area contributed by atoms with Crippen LogP contribution in [-0.4, -0.2) is 7.18 Å². The van der Waals surface area contributed by atoms with Gasteiger partial charge >= 0.3 is 0 Å². The number of hydrogen-bond acceptors (Lipinski definition) is 1. The predicted molar refractivity (Wildman–Crippen MR) is 49.2 cm³/mol. The maximum Gasteiger partial charge on any atom is 0.0785 e. The number of nitrogen functional groups attached to an aromatic ring is 1. The molecular formula is C9H16FN. The minimum atomic E-state index is 0.500. The molecule has 0 amide bonds. The van der Waals surface area contributed by atoms with Crippen LogP contribution >= 0.6 is 0 Å². The van der Waals surface area contributed by atoms with E-state index >= 15 is 0 Å². The van der Waals surface area contributed by atoms with Crippen LogP contribution < -0.4 is 5.73 Å². The molecule has 64 valence electrons. The second-order valence-corrected chi connectivity index (χ2v) is 1.41. The monoisotopic (exact) mass is 157 g/mol. The third-order valence-electron chi connectivity index (χ3n) is 0.800. The number of rotatable bonds is 0. The standard InChI is InChI=1S/C6H7N.C2H6.CH3F/c7-6-4-2-1-3-5-6;2*1-2/h1-5H,7H2;1-2H3;1H3. The molecule has 0 bridgehead atoms. The van der Waals surface area contributed by atoms with Gasteiger partial charge in [0.1, 0.15) is 0 Å². The molecule has 0 heterocycles. The first kappa shape index (κ1) is 12.6. The van der Waals surface area contributed by atoms with Crippen molar-refractivity contribution in [2.75, 3.05) is 12.9 Å². The highest BCUT2D eigenvalue weighted by Gasteiger charge is 1.72. The summed E-state index contributed by atoms with van der Waals surface area (Å²) in [6.45, 7) is 4.00. The van der Waals surface area contributed by atoms with E-state index in [1.165, 1.54) is 0 Å². The fraction of sp³-hybridized carbons (Fsp3) is 0.333. The van der Waals surface area contributed by atoms with Crippen LogP contribution in [0.3, 0.4) is 0 Å². The zero-order valence-corrected chi connectivity index (χ0v) is 7.34. The Hall–Kier alpha value is -1.05. The summed E-state index contributed by atoms with van der Waals surface area (Å²) in [6, 6.07) is 9.49. The summed E-state index contributed by atoms with van der Waals surface area (Å²) >= 11 is 0. The van der Waals surface area contributed by atoms with Crippen molar-refractivity contribution in [2.24, 2.45) is 0 Å². The van der Waals surface area contributed by atoms with E-state index in [9.17, 15) is 4.39 Å². The molecule has 1 rings (SSSR count). The summed E-state index contributed by atoms with van der Waals surface area (Å²) in [4.78, 5) is 0. The predicted octanol–water partition coefficient (Wildman–Crippen LogP) is 2.88. The molecule has 0 unspecified atom stereocenters. The number of benzene rings is 1. The molecule has 0 aliphatic heterocycles. The van der Waals surface area contributed by atoms with E-state index in [0.717, 1.165) is 5.69 Å². The molecule has 2 N–H and O–H groups in total. The van der Waals surface area contributed by atoms with Crippen molar-refractivity contribution in [2.45, 2.75) is 13.8 Å². The molecule has 0 aromatic heterocycles. The molecule has 0 atom stereocenters. The van der Waals surface area contributed by atoms with Gasteiger partial charge in [0.15, 0.2) is 0 Å². The number of halogens is 1. The highest BCUT2D eigenvalue weighted by atomic mass is 19.1. The highest BCUT2D eigenvalue weighted by Crippen LogP contribution is 1.95. The van der Waals surface area contributed by atoms with Crippen LogP contribution in [0, 0.1) is 0 Å². The topological polar surface area (TPSA) is 26.0 Å². The first-order valence-electron chi connectivity index (χ1n) is 3.58. The molecular weight excluding hydrogens is 141 g/mol. The zero-order chi connectivity index (χ0) is 9.11. The van der Waals surface area contributed by atoms with Gasteiger partial charge < -0.3 is 5.73 Å². The van der Waals surface area contributed by atoms with Gasteiger partial charge in [0, 0.05) is 5.69 Å². The Labute approximate surface area is 68.0 Å². The van der Waals surface area contributed by atoms with E-state index in [1.807, 2.05) is 44.2 Å². The Balaban J connectivity index is 0. The number of nitrogens with two attached hydrogens (primary N) is 1. The van der Waals surface area contributed by atoms with Gasteiger partial charge in [0.2, 0.25) is 0 Å². The quantitative estimate of drug-likeness (QED) is 0.576. The molecule has 0 spiro atoms. The first-order chi connectivity index (χ1) is 5.39. The lowest BCUT2D eigenvalue weighted by atomic mass is 10.3. The Kier molecular flexibility index (Phi) is 13.4. The molecule has 0 saturated carbocycles. The summed E-state index contributed by atoms with van der Waals surface area (Å²) in [5, 5.41) is 0. The van der Waals surface area contributed by atoms with E-state index in [0.29, 0.717) is 7.18 Å². The second kappa shape index (κ2) is 11.7. The van der Waals surface area contributed by atoms with Crippen molar-refractivity contribution in [3.05, 3.63) is 30.3 Å². The molecule has 1 nitrogen and oxygen atoms in total. The molecule has 1 aromatic carbocycles. The van der Waals surface area contributed by atoms with Crippen molar-refractivity contribution in [3.63, 3.8) is 0 Å². The molecule has 0 fully saturated rings. The summed E-state index contributed by atoms with van der Waals surface area (Å²) in [7, 11) is 0.500. The number of alkyl halides is 1. The molecule has 0 saturated heterocycles. The average molecular weight is 157 g/mol. The third kappa shape index (κ3) is 8.95. The third-order valence-corrected chi connectivity index (χ3v) is 0.800. The van der Waals surface area contributed by atoms with E-state index in [-0.39, 0.29) is 0 Å². The summed E-state index contributed by atoms with van der Waals surface area (Å²) in [6.07, 6.45) is 0. The van der Waals surface area contributed by atoms with Crippen LogP contribution in [0.2, 0.25) is 0 Å². The van der Waals surface area contributed by atoms with E-state index < -0.39 is 0 Å². The lowest BCUT2D eigenvalue weighted by Gasteiger charge is -1.83. The summed E-state index contributed by atoms with van der Waals surface area (Å²) < 4.78 is 9.50. The van der Waals surface area contributed by atoms with Gasteiger partial charge in [0.25, 0.3) is 0 Å². The van der Waals surface area contributed by atoms with Gasteiger partial charge in [-0.25, -0.2) is 0 Å². The minimum Gasteiger partial charge on any atom is -0.399 e. The molecule has 2 heteroatoms. The van der Waals surface area contributed by atoms with Crippen LogP contribution in [0.15, 0.2) is 30.3 Å². The van der Waals surface area contributed by atoms with E-state index in [2.05, 4.69) is 0 Å². The number of anilines is 1. The van der Waals surface area contributed by atoms with Crippen molar-refractivity contribution in [3.8, 4) is 0 Å². The Bertz CT molecular complexity index is 139. The Morgan fingerprint density at radius 3 is 1.55 bits per heavy atom. The maximum atomic E-state index is 9.50. The summed E-state index contributed by atoms with van der Waals surface area (Å²) in [5.41, 5.74) is 6.18. The normalized spacial score (nSPS) is 6.55. The molecule has 0 radical (unpaired) electrons. The van der Waals surface area contributed by atoms with Gasteiger partial charge in [-0.1, -0.05) is 32.0 Å². The average Bonchev–Trinajstić information content (AvgIpc) is 2.13. The Morgan fingerprint density at radius 1 is 1.00 bits per heavy atom. The molecule has 0 aliphatic rings. The van der Waals surface area contributed by atoms with Gasteiger partial charge in [-0.3, -0.25) is 4.39 Å². The van der Waals surface area contributed by atoms with Crippen molar-refractivity contribution in [1.82, 2.24) is 0 Å². The smallest absolute Gasteiger partial charge is 0.0785 e. The fourth-order valence-electron chi connectivity index (χ4n) is 0.453. The van der Waals surface area contributed by atoms with Gasteiger partial charge in [0.05, 0.1) is 7.18 Å². The zero-order valence-electron chi connectivity index (χ0n) is 7.34. The van der Waals surface area contributed by atoms with Crippen molar-refractivity contribution >= 4 is 5.69 Å². The second-order valence-electron chi connectivity index (χ2n) is 1.41. The van der Waals surface area contributed by atoms with Crippen LogP contribution in [-0.2, 0) is 0 Å². The van der Waals surface area contributed by atoms with Crippen LogP contribution in [0.1, 0.15) is 13.8 Å². The van der Waals surface area contributed by atoms with Gasteiger partial charge in [-0.15, -0.1) is 0 Å². The largest absolute Gasteiger partial charge is 0.399 e. The van der Waals surface area contributed by atoms with Crippen molar-refractivity contribution in [1.29, 1.82) is 0 Å². The molecule has 1 aromatic rings. The van der Waals surface area contributed by atoms with E-state index in [4.69, 9.17) is 5.73 Å². The first-order valence-corrected chi connectivity index (χ1v) is 3.58. The molecule has 0 aliphatic carbocycles. The van der Waals surface area contributed by atoms with Gasteiger partial charge in [-0.05, 0) is 12.1 Å².